The van der Waals surface area contributed by atoms with Gasteiger partial charge in [-0.1, -0.05) is 6.07 Å². The molecule has 0 heterocycles. The van der Waals surface area contributed by atoms with Gasteiger partial charge in [-0.05, 0) is 25.1 Å². The molecule has 94 valence electrons. The highest BCUT2D eigenvalue weighted by Crippen LogP contribution is 2.10. The lowest BCUT2D eigenvalue weighted by Crippen LogP contribution is -2.14. The molecule has 0 unspecified atom stereocenters. The summed E-state index contributed by atoms with van der Waals surface area (Å²) >= 11 is 0. The fraction of sp³-hybridized carbons (Fsp3) is 0.200. The summed E-state index contributed by atoms with van der Waals surface area (Å²) in [5, 5.41) is 0. The number of hydrogen-bond acceptors (Lipinski definition) is 6. The fourth-order valence-corrected chi connectivity index (χ4v) is 1.02. The minimum Gasteiger partial charge on any atom is -0.434 e. The Labute approximate surface area is 104 Å². The van der Waals surface area contributed by atoms with Crippen LogP contribution in [-0.4, -0.2) is 18.7 Å². The fourth-order valence-electron chi connectivity index (χ4n) is 1.02. The number of halogens is 1. The molecule has 1 rings (SSSR count). The molecule has 0 aliphatic carbocycles. The van der Waals surface area contributed by atoms with Crippen LogP contribution in [0, 0.1) is 0 Å². The molecule has 3 N–H and O–H groups in total. The largest absolute Gasteiger partial charge is 0.516 e. The summed E-state index contributed by atoms with van der Waals surface area (Å²) in [6, 6.07) is 6.24. The van der Waals surface area contributed by atoms with E-state index in [-0.39, 0.29) is 24.6 Å². The van der Waals surface area contributed by atoms with Crippen LogP contribution in [0.4, 0.5) is 10.5 Å². The van der Waals surface area contributed by atoms with Gasteiger partial charge in [0.25, 0.3) is 0 Å². The van der Waals surface area contributed by atoms with Crippen molar-refractivity contribution in [1.82, 2.24) is 0 Å². The molecule has 0 bridgehead atoms. The highest BCUT2D eigenvalue weighted by Gasteiger charge is 2.13. The van der Waals surface area contributed by atoms with Crippen molar-refractivity contribution in [2.24, 2.45) is 5.84 Å². The Morgan fingerprint density at radius 2 is 2.12 bits per heavy atom. The van der Waals surface area contributed by atoms with Crippen molar-refractivity contribution in [3.8, 4) is 0 Å². The zero-order valence-corrected chi connectivity index (χ0v) is 9.95. The van der Waals surface area contributed by atoms with Crippen LogP contribution in [0.5, 0.6) is 0 Å². The number of anilines is 1. The topological polar surface area (TPSA) is 90.6 Å². The van der Waals surface area contributed by atoms with Crippen LogP contribution in [0.1, 0.15) is 17.3 Å². The average Bonchev–Trinajstić information content (AvgIpc) is 2.29. The van der Waals surface area contributed by atoms with Gasteiger partial charge in [0.05, 0.1) is 12.2 Å². The molecule has 0 saturated heterocycles. The Kier molecular flexibility index (Phi) is 6.69. The number of nitrogen functional groups attached to an aromatic ring is 1. The van der Waals surface area contributed by atoms with E-state index in [0.29, 0.717) is 5.69 Å². The Balaban J connectivity index is 0.00000256. The third kappa shape index (κ3) is 4.71. The Morgan fingerprint density at radius 1 is 1.41 bits per heavy atom. The number of carbonyl (C=O) groups excluding carboxylic acids is 2. The van der Waals surface area contributed by atoms with Crippen molar-refractivity contribution in [2.45, 2.75) is 6.92 Å². The first kappa shape index (κ1) is 15.2. The molecule has 0 atom stereocenters. The van der Waals surface area contributed by atoms with Gasteiger partial charge in [0.2, 0.25) is 0 Å². The van der Waals surface area contributed by atoms with E-state index in [9.17, 15) is 9.59 Å². The number of carbonyl (C=O) groups is 2. The number of benzene rings is 1. The molecule has 0 aliphatic heterocycles. The third-order valence-corrected chi connectivity index (χ3v) is 1.70. The Hall–Kier alpha value is -1.79. The van der Waals surface area contributed by atoms with Crippen LogP contribution in [-0.2, 0) is 9.47 Å². The second-order valence-electron chi connectivity index (χ2n) is 2.80. The van der Waals surface area contributed by atoms with Gasteiger partial charge >= 0.3 is 12.1 Å². The predicted octanol–water partition coefficient (Wildman–Crippen LogP) is 1.71. The van der Waals surface area contributed by atoms with E-state index < -0.39 is 12.1 Å². The summed E-state index contributed by atoms with van der Waals surface area (Å²) in [4.78, 5) is 22.3. The number of hydrogen-bond donors (Lipinski definition) is 2. The van der Waals surface area contributed by atoms with Crippen molar-refractivity contribution in [2.75, 3.05) is 12.0 Å². The molecule has 0 amide bonds. The molecule has 7 heteroatoms. The number of hydrazine groups is 1. The van der Waals surface area contributed by atoms with Crippen LogP contribution in [0.2, 0.25) is 0 Å². The van der Waals surface area contributed by atoms with Crippen LogP contribution in [0.3, 0.4) is 0 Å². The van der Waals surface area contributed by atoms with E-state index in [0.717, 1.165) is 0 Å². The molecule has 1 aromatic rings. The predicted molar refractivity (Wildman–Crippen MR) is 63.9 cm³/mol. The van der Waals surface area contributed by atoms with E-state index in [4.69, 9.17) is 5.84 Å². The molecular weight excluding hydrogens is 248 g/mol. The number of rotatable bonds is 3. The van der Waals surface area contributed by atoms with Crippen molar-refractivity contribution < 1.29 is 19.1 Å². The number of ether oxygens (including phenoxy) is 2. The second kappa shape index (κ2) is 7.48. The quantitative estimate of drug-likeness (QED) is 0.372. The maximum absolute atomic E-state index is 11.4. The van der Waals surface area contributed by atoms with Crippen LogP contribution < -0.4 is 11.3 Å². The summed E-state index contributed by atoms with van der Waals surface area (Å²) in [5.74, 6) is 4.39. The molecule has 1 aromatic carbocycles. The van der Waals surface area contributed by atoms with E-state index in [1.165, 1.54) is 12.1 Å². The maximum atomic E-state index is 11.4. The van der Waals surface area contributed by atoms with Gasteiger partial charge in [0.15, 0.2) is 0 Å². The summed E-state index contributed by atoms with van der Waals surface area (Å²) < 4.78 is 8.88. The van der Waals surface area contributed by atoms with E-state index in [2.05, 4.69) is 14.9 Å². The van der Waals surface area contributed by atoms with Gasteiger partial charge in [-0.15, -0.1) is 12.4 Å². The Bertz CT molecular complexity index is 398. The van der Waals surface area contributed by atoms with Gasteiger partial charge < -0.3 is 14.9 Å². The normalized spacial score (nSPS) is 8.82. The summed E-state index contributed by atoms with van der Waals surface area (Å²) in [6.45, 7) is 1.77. The molecular formula is C10H13ClN2O4. The van der Waals surface area contributed by atoms with Crippen LogP contribution >= 0.6 is 12.4 Å². The number of nitrogens with one attached hydrogen (secondary N) is 1. The highest BCUT2D eigenvalue weighted by molar-refractivity contribution is 5.95. The molecule has 0 saturated carbocycles. The lowest BCUT2D eigenvalue weighted by atomic mass is 10.2. The van der Waals surface area contributed by atoms with Gasteiger partial charge in [-0.25, -0.2) is 9.59 Å². The highest BCUT2D eigenvalue weighted by atomic mass is 35.5. The smallest absolute Gasteiger partial charge is 0.434 e. The zero-order chi connectivity index (χ0) is 12.0. The van der Waals surface area contributed by atoms with E-state index >= 15 is 0 Å². The minimum atomic E-state index is -1.02. The molecule has 6 nitrogen and oxygen atoms in total. The van der Waals surface area contributed by atoms with Crippen molar-refractivity contribution >= 4 is 30.2 Å². The first-order valence-electron chi connectivity index (χ1n) is 4.63. The summed E-state index contributed by atoms with van der Waals surface area (Å²) in [7, 11) is 0. The SMILES string of the molecule is CCOC(=O)OC(=O)c1cccc(NN)c1.Cl. The van der Waals surface area contributed by atoms with Gasteiger partial charge in [0, 0.05) is 5.69 Å². The van der Waals surface area contributed by atoms with Crippen molar-refractivity contribution in [1.29, 1.82) is 0 Å². The molecule has 0 aliphatic rings. The van der Waals surface area contributed by atoms with E-state index in [1.807, 2.05) is 0 Å². The van der Waals surface area contributed by atoms with Crippen molar-refractivity contribution in [3.63, 3.8) is 0 Å². The monoisotopic (exact) mass is 260 g/mol. The summed E-state index contributed by atoms with van der Waals surface area (Å²) in [6.07, 6.45) is -1.02. The standard InChI is InChI=1S/C10H12N2O4.ClH/c1-2-15-10(14)16-9(13)7-4-3-5-8(6-7)12-11;/h3-6,12H,2,11H2,1H3;1H. The molecule has 0 spiro atoms. The minimum absolute atomic E-state index is 0. The van der Waals surface area contributed by atoms with Gasteiger partial charge in [-0.3, -0.25) is 5.84 Å². The van der Waals surface area contributed by atoms with E-state index in [1.54, 1.807) is 19.1 Å². The number of esters is 1. The zero-order valence-electron chi connectivity index (χ0n) is 9.14. The average molecular weight is 261 g/mol. The third-order valence-electron chi connectivity index (χ3n) is 1.70. The first-order chi connectivity index (χ1) is 7.67. The van der Waals surface area contributed by atoms with Crippen LogP contribution in [0.25, 0.3) is 0 Å². The van der Waals surface area contributed by atoms with Crippen LogP contribution in [0.15, 0.2) is 24.3 Å². The summed E-state index contributed by atoms with van der Waals surface area (Å²) in [5.41, 5.74) is 3.13. The van der Waals surface area contributed by atoms with Gasteiger partial charge in [0.1, 0.15) is 0 Å². The van der Waals surface area contributed by atoms with Crippen molar-refractivity contribution in [3.05, 3.63) is 29.8 Å². The number of nitrogens with two attached hydrogens (primary N) is 1. The molecule has 0 aromatic heterocycles. The Morgan fingerprint density at radius 3 is 2.71 bits per heavy atom. The van der Waals surface area contributed by atoms with Gasteiger partial charge in [-0.2, -0.15) is 0 Å². The second-order valence-corrected chi connectivity index (χ2v) is 2.80. The maximum Gasteiger partial charge on any atom is 0.516 e. The molecule has 0 fully saturated rings. The first-order valence-corrected chi connectivity index (χ1v) is 4.63. The molecule has 17 heavy (non-hydrogen) atoms. The lowest BCUT2D eigenvalue weighted by Gasteiger charge is -2.04. The lowest BCUT2D eigenvalue weighted by molar-refractivity contribution is 0.0401. The molecule has 0 radical (unpaired) electrons.